The van der Waals surface area contributed by atoms with Gasteiger partial charge in [-0.05, 0) is 70.0 Å². The lowest BCUT2D eigenvalue weighted by Gasteiger charge is -2.30. The summed E-state index contributed by atoms with van der Waals surface area (Å²) in [5.74, 6) is -0.183. The molecular formula is C42H49ClN8O4. The smallest absolute Gasteiger partial charge is 0.306 e. The number of benzene rings is 2. The molecule has 2 aromatic carbocycles. The van der Waals surface area contributed by atoms with Crippen molar-refractivity contribution < 1.29 is 19.5 Å². The first-order chi connectivity index (χ1) is 26.4. The van der Waals surface area contributed by atoms with Crippen molar-refractivity contribution in [1.29, 1.82) is 5.26 Å². The number of nitriles is 1. The van der Waals surface area contributed by atoms with Crippen LogP contribution in [0, 0.1) is 23.2 Å². The minimum Gasteiger partial charge on any atom is -0.481 e. The summed E-state index contributed by atoms with van der Waals surface area (Å²) >= 11 is 7.01. The van der Waals surface area contributed by atoms with E-state index in [1.54, 1.807) is 18.2 Å². The molecule has 2 N–H and O–H groups in total. The molecule has 12 nitrogen and oxygen atoms in total. The fourth-order valence-corrected chi connectivity index (χ4v) is 8.93. The maximum atomic E-state index is 13.8. The van der Waals surface area contributed by atoms with Gasteiger partial charge in [0.25, 0.3) is 5.91 Å². The molecule has 7 rings (SSSR count). The number of nitrogens with zero attached hydrogens (tertiary/aromatic N) is 7. The van der Waals surface area contributed by atoms with E-state index in [2.05, 4.69) is 35.0 Å². The molecule has 4 heterocycles. The van der Waals surface area contributed by atoms with Crippen LogP contribution in [0.1, 0.15) is 101 Å². The first kappa shape index (κ1) is 38.4. The van der Waals surface area contributed by atoms with Crippen molar-refractivity contribution in [2.75, 3.05) is 25.0 Å². The van der Waals surface area contributed by atoms with E-state index in [1.165, 1.54) is 0 Å². The van der Waals surface area contributed by atoms with Gasteiger partial charge >= 0.3 is 5.97 Å². The van der Waals surface area contributed by atoms with Crippen LogP contribution in [-0.2, 0) is 51.2 Å². The summed E-state index contributed by atoms with van der Waals surface area (Å²) in [5.41, 5.74) is 6.32. The standard InChI is InChI=1S/C42H49ClN8O4/c1-25(2)51-20-17-36-34(24-51)45-39(48(36)3)37(52)21-28-7-5-9-30(38(28)43)29-8-6-10-32(31(29)22-44)47-41(53)40-46-33-23-50(19-16-35(33)49(40)4)18-15-26-11-13-27(14-12-26)42(54)55/h5-10,25-27H,11-21,23-24H2,1-4H3,(H,47,53)(H,54,55). The number of nitrogens with one attached hydrogen (secondary N) is 1. The van der Waals surface area contributed by atoms with E-state index < -0.39 is 11.9 Å². The van der Waals surface area contributed by atoms with Crippen LogP contribution in [0.3, 0.4) is 0 Å². The van der Waals surface area contributed by atoms with Crippen molar-refractivity contribution in [3.05, 3.63) is 87.0 Å². The number of amides is 1. The number of anilines is 1. The first-order valence-corrected chi connectivity index (χ1v) is 19.7. The molecule has 0 bridgehead atoms. The number of aliphatic carboxylic acids is 1. The van der Waals surface area contributed by atoms with E-state index in [9.17, 15) is 24.8 Å². The molecule has 0 saturated heterocycles. The third-order valence-corrected chi connectivity index (χ3v) is 12.4. The van der Waals surface area contributed by atoms with Gasteiger partial charge in [-0.3, -0.25) is 24.2 Å². The number of Topliss-reactive ketones (excluding diaryl/α,β-unsaturated/α-hetero) is 1. The lowest BCUT2D eigenvalue weighted by molar-refractivity contribution is -0.143. The number of ketones is 1. The van der Waals surface area contributed by atoms with E-state index in [1.807, 2.05) is 41.4 Å². The van der Waals surface area contributed by atoms with Gasteiger partial charge in [0, 0.05) is 88.1 Å². The van der Waals surface area contributed by atoms with Gasteiger partial charge < -0.3 is 19.6 Å². The average Bonchev–Trinajstić information content (AvgIpc) is 3.70. The van der Waals surface area contributed by atoms with Crippen molar-refractivity contribution in [2.45, 2.75) is 84.3 Å². The van der Waals surface area contributed by atoms with Gasteiger partial charge in [-0.25, -0.2) is 9.97 Å². The Morgan fingerprint density at radius 2 is 1.58 bits per heavy atom. The SMILES string of the molecule is CC(C)N1CCc2c(nc(C(=O)Cc3cccc(-c4cccc(NC(=O)c5nc6c(n5C)CCN(CCC5CCC(C(=O)O)CC5)C6)c4C#N)c3Cl)n2C)C1. The summed E-state index contributed by atoms with van der Waals surface area (Å²) in [6, 6.07) is 13.4. The Kier molecular flexibility index (Phi) is 11.3. The quantitative estimate of drug-likeness (QED) is 0.165. The normalized spacial score (nSPS) is 18.8. The van der Waals surface area contributed by atoms with Gasteiger partial charge in [-0.2, -0.15) is 5.26 Å². The molecular weight excluding hydrogens is 716 g/mol. The molecule has 0 atom stereocenters. The monoisotopic (exact) mass is 764 g/mol. The lowest BCUT2D eigenvalue weighted by atomic mass is 9.80. The van der Waals surface area contributed by atoms with E-state index in [0.29, 0.717) is 51.7 Å². The number of aromatic nitrogens is 4. The van der Waals surface area contributed by atoms with Gasteiger partial charge in [0.2, 0.25) is 5.78 Å². The zero-order valence-electron chi connectivity index (χ0n) is 32.1. The van der Waals surface area contributed by atoms with E-state index in [0.717, 1.165) is 93.9 Å². The van der Waals surface area contributed by atoms with Crippen molar-refractivity contribution in [2.24, 2.45) is 25.9 Å². The first-order valence-electron chi connectivity index (χ1n) is 19.4. The number of carbonyl (C=O) groups excluding carboxylic acids is 2. The Balaban J connectivity index is 1.04. The highest BCUT2D eigenvalue weighted by molar-refractivity contribution is 6.34. The summed E-state index contributed by atoms with van der Waals surface area (Å²) < 4.78 is 3.76. The molecule has 13 heteroatoms. The highest BCUT2D eigenvalue weighted by Crippen LogP contribution is 2.37. The highest BCUT2D eigenvalue weighted by Gasteiger charge is 2.30. The fraction of sp³-hybridized carbons (Fsp3) is 0.476. The third-order valence-electron chi connectivity index (χ3n) is 12.0. The van der Waals surface area contributed by atoms with Gasteiger partial charge in [0.1, 0.15) is 6.07 Å². The Hall–Kier alpha value is -4.83. The van der Waals surface area contributed by atoms with Crippen LogP contribution in [0.25, 0.3) is 11.1 Å². The zero-order valence-corrected chi connectivity index (χ0v) is 32.8. The number of carboxylic acid groups (broad SMARTS) is 1. The molecule has 0 unspecified atom stereocenters. The zero-order chi connectivity index (χ0) is 39.0. The van der Waals surface area contributed by atoms with Crippen LogP contribution >= 0.6 is 11.6 Å². The summed E-state index contributed by atoms with van der Waals surface area (Å²) in [4.78, 5) is 53.0. The van der Waals surface area contributed by atoms with Gasteiger partial charge in [-0.1, -0.05) is 41.9 Å². The van der Waals surface area contributed by atoms with Gasteiger partial charge in [0.05, 0.1) is 33.6 Å². The second-order valence-electron chi connectivity index (χ2n) is 15.6. The molecule has 2 aromatic heterocycles. The van der Waals surface area contributed by atoms with Crippen LogP contribution in [0.4, 0.5) is 5.69 Å². The Morgan fingerprint density at radius 1 is 0.927 bits per heavy atom. The molecule has 3 aliphatic rings. The molecule has 0 spiro atoms. The van der Waals surface area contributed by atoms with Gasteiger partial charge in [0.15, 0.2) is 11.6 Å². The summed E-state index contributed by atoms with van der Waals surface area (Å²) in [7, 11) is 3.75. The number of carboxylic acids is 1. The molecule has 4 aromatic rings. The number of carbonyl (C=O) groups is 3. The number of hydrogen-bond donors (Lipinski definition) is 2. The Morgan fingerprint density at radius 3 is 2.29 bits per heavy atom. The topological polar surface area (TPSA) is 149 Å². The van der Waals surface area contributed by atoms with Crippen LogP contribution in [0.15, 0.2) is 36.4 Å². The van der Waals surface area contributed by atoms with Crippen LogP contribution in [0.5, 0.6) is 0 Å². The third kappa shape index (κ3) is 7.83. The summed E-state index contributed by atoms with van der Waals surface area (Å²) in [6.45, 7) is 8.41. The van der Waals surface area contributed by atoms with Crippen molar-refractivity contribution in [1.82, 2.24) is 28.9 Å². The highest BCUT2D eigenvalue weighted by atomic mass is 35.5. The molecule has 1 amide bonds. The molecule has 1 aliphatic carbocycles. The predicted molar refractivity (Wildman–Crippen MR) is 210 cm³/mol. The minimum absolute atomic E-state index is 0.0532. The number of imidazole rings is 2. The van der Waals surface area contributed by atoms with Crippen LogP contribution < -0.4 is 5.32 Å². The number of rotatable bonds is 11. The average molecular weight is 765 g/mol. The molecule has 2 aliphatic heterocycles. The maximum absolute atomic E-state index is 13.8. The molecule has 1 saturated carbocycles. The molecule has 55 heavy (non-hydrogen) atoms. The molecule has 0 radical (unpaired) electrons. The van der Waals surface area contributed by atoms with E-state index in [-0.39, 0.29) is 29.5 Å². The summed E-state index contributed by atoms with van der Waals surface area (Å²) in [5, 5.41) is 23.0. The Bertz CT molecular complexity index is 2170. The minimum atomic E-state index is -0.675. The number of hydrogen-bond acceptors (Lipinski definition) is 8. The predicted octanol–water partition coefficient (Wildman–Crippen LogP) is 6.43. The summed E-state index contributed by atoms with van der Waals surface area (Å²) in [6.07, 6.45) is 6.12. The molecule has 288 valence electrons. The van der Waals surface area contributed by atoms with E-state index in [4.69, 9.17) is 21.6 Å². The van der Waals surface area contributed by atoms with Crippen LogP contribution in [-0.4, -0.2) is 77.3 Å². The Labute approximate surface area is 327 Å². The van der Waals surface area contributed by atoms with Gasteiger partial charge in [-0.15, -0.1) is 0 Å². The van der Waals surface area contributed by atoms with Crippen molar-refractivity contribution in [3.63, 3.8) is 0 Å². The maximum Gasteiger partial charge on any atom is 0.306 e. The van der Waals surface area contributed by atoms with E-state index >= 15 is 0 Å². The number of halogens is 1. The fourth-order valence-electron chi connectivity index (χ4n) is 8.63. The largest absolute Gasteiger partial charge is 0.481 e. The second-order valence-corrected chi connectivity index (χ2v) is 16.0. The van der Waals surface area contributed by atoms with Crippen molar-refractivity contribution in [3.8, 4) is 17.2 Å². The number of fused-ring (bicyclic) bond motifs is 2. The van der Waals surface area contributed by atoms with Crippen molar-refractivity contribution >= 4 is 34.9 Å². The lowest BCUT2D eigenvalue weighted by Crippen LogP contribution is -2.36. The second kappa shape index (κ2) is 16.1. The molecule has 1 fully saturated rings. The van der Waals surface area contributed by atoms with Crippen LogP contribution in [0.2, 0.25) is 5.02 Å².